The van der Waals surface area contributed by atoms with Crippen LogP contribution in [0.2, 0.25) is 10.0 Å². The van der Waals surface area contributed by atoms with Crippen LogP contribution in [0.15, 0.2) is 48.5 Å². The Labute approximate surface area is 318 Å². The number of para-hydroxylation sites is 1. The number of hydrogen-bond donors (Lipinski definition) is 1. The lowest BCUT2D eigenvalue weighted by Gasteiger charge is -2.35. The predicted molar refractivity (Wildman–Crippen MR) is 211 cm³/mol. The number of carbonyl (C=O) groups excluding carboxylic acids is 1. The van der Waals surface area contributed by atoms with Gasteiger partial charge in [-0.2, -0.15) is 5.10 Å². The minimum Gasteiger partial charge on any atom is -0.494 e. The zero-order valence-corrected chi connectivity index (χ0v) is 32.4. The number of hydrogen-bond acceptors (Lipinski definition) is 4. The normalized spacial score (nSPS) is 15.9. The number of benzene rings is 3. The molecule has 1 amide bonds. The molecule has 9 nitrogen and oxygen atoms in total. The molecule has 0 saturated heterocycles. The summed E-state index contributed by atoms with van der Waals surface area (Å²) < 4.78 is 12.2. The Bertz CT molecular complexity index is 2460. The maximum atomic E-state index is 15.2. The lowest BCUT2D eigenvalue weighted by molar-refractivity contribution is 0.0685. The van der Waals surface area contributed by atoms with Gasteiger partial charge in [-0.15, -0.1) is 0 Å². The summed E-state index contributed by atoms with van der Waals surface area (Å²) in [7, 11) is 1.93. The lowest BCUT2D eigenvalue weighted by Crippen LogP contribution is -2.43. The quantitative estimate of drug-likeness (QED) is 0.141. The number of rotatable bonds is 10. The fourth-order valence-corrected chi connectivity index (χ4v) is 8.74. The second kappa shape index (κ2) is 13.3. The van der Waals surface area contributed by atoms with E-state index in [1.807, 2.05) is 91.4 Å². The maximum absolute atomic E-state index is 15.2. The van der Waals surface area contributed by atoms with Crippen LogP contribution in [0.5, 0.6) is 5.75 Å². The van der Waals surface area contributed by atoms with Crippen molar-refractivity contribution in [1.82, 2.24) is 18.9 Å². The molecule has 8 rings (SSSR count). The van der Waals surface area contributed by atoms with Crippen LogP contribution in [0.3, 0.4) is 0 Å². The van der Waals surface area contributed by atoms with Gasteiger partial charge in [0.1, 0.15) is 17.1 Å². The van der Waals surface area contributed by atoms with Crippen molar-refractivity contribution in [2.24, 2.45) is 13.0 Å². The molecule has 274 valence electrons. The molecule has 1 aliphatic carbocycles. The number of fused-ring (bicyclic) bond motifs is 4. The molecule has 1 N–H and O–H groups in total. The molecule has 3 aromatic carbocycles. The zero-order valence-electron chi connectivity index (χ0n) is 30.9. The van der Waals surface area contributed by atoms with E-state index in [2.05, 4.69) is 11.5 Å². The van der Waals surface area contributed by atoms with Gasteiger partial charge in [-0.05, 0) is 113 Å². The number of carbonyl (C=O) groups is 2. The largest absolute Gasteiger partial charge is 0.494 e. The van der Waals surface area contributed by atoms with Gasteiger partial charge in [0, 0.05) is 58.8 Å². The molecular formula is C42H43Cl2N5O4. The fraction of sp³-hybridized carbons (Fsp3) is 0.357. The summed E-state index contributed by atoms with van der Waals surface area (Å²) in [5.41, 5.74) is 9.89. The Morgan fingerprint density at radius 1 is 1.00 bits per heavy atom. The molecule has 4 heterocycles. The Kier molecular flexibility index (Phi) is 8.85. The van der Waals surface area contributed by atoms with Crippen LogP contribution in [-0.4, -0.2) is 49.0 Å². The number of ether oxygens (including phenoxy) is 1. The average molecular weight is 753 g/mol. The molecule has 6 aromatic rings. The Morgan fingerprint density at radius 3 is 2.40 bits per heavy atom. The molecule has 0 unspecified atom stereocenters. The number of aromatic carboxylic acids is 1. The first-order valence-corrected chi connectivity index (χ1v) is 19.0. The van der Waals surface area contributed by atoms with Crippen molar-refractivity contribution in [2.75, 3.05) is 18.1 Å². The van der Waals surface area contributed by atoms with E-state index in [-0.39, 0.29) is 17.6 Å². The van der Waals surface area contributed by atoms with E-state index in [4.69, 9.17) is 33.0 Å². The van der Waals surface area contributed by atoms with E-state index < -0.39 is 5.97 Å². The smallest absolute Gasteiger partial charge is 0.352 e. The average Bonchev–Trinajstić information content (AvgIpc) is 3.69. The third kappa shape index (κ3) is 5.89. The summed E-state index contributed by atoms with van der Waals surface area (Å²) in [4.78, 5) is 29.5. The van der Waals surface area contributed by atoms with Crippen molar-refractivity contribution in [1.29, 1.82) is 0 Å². The second-order valence-corrected chi connectivity index (χ2v) is 15.7. The third-order valence-corrected chi connectivity index (χ3v) is 12.0. The van der Waals surface area contributed by atoms with Crippen LogP contribution >= 0.6 is 23.2 Å². The monoisotopic (exact) mass is 751 g/mol. The minimum atomic E-state index is -0.968. The molecule has 1 fully saturated rings. The van der Waals surface area contributed by atoms with Crippen molar-refractivity contribution in [3.63, 3.8) is 0 Å². The SMILES string of the molecule is Cc1cc(OCCCc2c3n(c4c(-c5c(C)nn(C)c5C)c(Cl)ccc24)[C@H](C)CN(c2cccc4cc(C(=O)O)n(CC5CC5)c24)C3=O)cc(C)c1Cl. The van der Waals surface area contributed by atoms with Gasteiger partial charge in [0.15, 0.2) is 0 Å². The molecule has 3 aromatic heterocycles. The standard InChI is InChI=1S/C42H43Cl2N5O4/c1-22-17-29(18-23(2)37(22)44)53-16-8-10-30-31-14-15-32(43)36(35-25(4)45-46(6)26(35)5)39(31)49-24(3)20-48(41(50)40(30)49)33-11-7-9-28-19-34(42(51)52)47(38(28)33)21-27-12-13-27/h7,9,11,14-15,17-19,24,27H,8,10,12-13,16,20-21H2,1-6H3,(H,51,52)/t24-/m1/s1. The van der Waals surface area contributed by atoms with Crippen LogP contribution in [-0.2, 0) is 20.0 Å². The number of aryl methyl sites for hydroxylation is 5. The van der Waals surface area contributed by atoms with Crippen molar-refractivity contribution in [3.05, 3.63) is 98.0 Å². The molecular weight excluding hydrogens is 709 g/mol. The van der Waals surface area contributed by atoms with Gasteiger partial charge < -0.3 is 23.9 Å². The topological polar surface area (TPSA) is 94.5 Å². The van der Waals surface area contributed by atoms with E-state index in [1.165, 1.54) is 0 Å². The number of carboxylic acid groups (broad SMARTS) is 1. The molecule has 1 saturated carbocycles. The van der Waals surface area contributed by atoms with Crippen LogP contribution in [0.4, 0.5) is 5.69 Å². The van der Waals surface area contributed by atoms with Gasteiger partial charge >= 0.3 is 5.97 Å². The van der Waals surface area contributed by atoms with Crippen molar-refractivity contribution in [2.45, 2.75) is 72.9 Å². The molecule has 11 heteroatoms. The number of carboxylic acids is 1. The van der Waals surface area contributed by atoms with Gasteiger partial charge in [0.2, 0.25) is 0 Å². The van der Waals surface area contributed by atoms with Gasteiger partial charge in [-0.1, -0.05) is 41.4 Å². The Morgan fingerprint density at radius 2 is 1.74 bits per heavy atom. The molecule has 0 radical (unpaired) electrons. The van der Waals surface area contributed by atoms with E-state index in [0.29, 0.717) is 49.2 Å². The number of halogens is 2. The summed E-state index contributed by atoms with van der Waals surface area (Å²) in [5, 5.41) is 18.1. The Balaban J connectivity index is 1.27. The summed E-state index contributed by atoms with van der Waals surface area (Å²) in [6, 6.07) is 15.3. The fourth-order valence-electron chi connectivity index (χ4n) is 8.39. The van der Waals surface area contributed by atoms with Crippen molar-refractivity contribution in [3.8, 4) is 16.9 Å². The highest BCUT2D eigenvalue weighted by atomic mass is 35.5. The highest BCUT2D eigenvalue weighted by molar-refractivity contribution is 6.35. The first kappa shape index (κ1) is 35.3. The molecule has 0 spiro atoms. The van der Waals surface area contributed by atoms with Crippen molar-refractivity contribution < 1.29 is 19.4 Å². The first-order valence-electron chi connectivity index (χ1n) is 18.3. The van der Waals surface area contributed by atoms with Gasteiger partial charge in [0.05, 0.1) is 34.0 Å². The van der Waals surface area contributed by atoms with Gasteiger partial charge in [-0.25, -0.2) is 4.79 Å². The van der Waals surface area contributed by atoms with Crippen LogP contribution in [0, 0.1) is 33.6 Å². The number of amides is 1. The zero-order chi connectivity index (χ0) is 37.5. The molecule has 53 heavy (non-hydrogen) atoms. The maximum Gasteiger partial charge on any atom is 0.352 e. The lowest BCUT2D eigenvalue weighted by atomic mass is 9.98. The van der Waals surface area contributed by atoms with Crippen LogP contribution in [0.1, 0.15) is 81.3 Å². The van der Waals surface area contributed by atoms with E-state index in [9.17, 15) is 9.90 Å². The number of anilines is 1. The molecule has 1 atom stereocenters. The summed E-state index contributed by atoms with van der Waals surface area (Å²) in [6.45, 7) is 11.6. The van der Waals surface area contributed by atoms with Crippen molar-refractivity contribution >= 4 is 62.6 Å². The predicted octanol–water partition coefficient (Wildman–Crippen LogP) is 9.88. The minimum absolute atomic E-state index is 0.121. The molecule has 0 bridgehead atoms. The summed E-state index contributed by atoms with van der Waals surface area (Å²) >= 11 is 13.5. The first-order chi connectivity index (χ1) is 25.3. The van der Waals surface area contributed by atoms with Crippen LogP contribution < -0.4 is 9.64 Å². The summed E-state index contributed by atoms with van der Waals surface area (Å²) in [5.74, 6) is 0.116. The number of nitrogens with zero attached hydrogens (tertiary/aromatic N) is 5. The van der Waals surface area contributed by atoms with E-state index >= 15 is 4.79 Å². The third-order valence-electron chi connectivity index (χ3n) is 11.1. The van der Waals surface area contributed by atoms with E-state index in [1.54, 1.807) is 6.07 Å². The summed E-state index contributed by atoms with van der Waals surface area (Å²) in [6.07, 6.45) is 3.41. The number of aromatic nitrogens is 4. The van der Waals surface area contributed by atoms with Crippen LogP contribution in [0.25, 0.3) is 32.9 Å². The molecule has 2 aliphatic rings. The second-order valence-electron chi connectivity index (χ2n) is 14.9. The highest BCUT2D eigenvalue weighted by Gasteiger charge is 2.38. The highest BCUT2D eigenvalue weighted by Crippen LogP contribution is 2.46. The Hall–Kier alpha value is -4.73. The van der Waals surface area contributed by atoms with Gasteiger partial charge in [-0.3, -0.25) is 9.48 Å². The molecule has 1 aliphatic heterocycles. The van der Waals surface area contributed by atoms with Gasteiger partial charge in [0.25, 0.3) is 5.91 Å². The van der Waals surface area contributed by atoms with E-state index in [0.717, 1.165) is 90.3 Å².